The van der Waals surface area contributed by atoms with Crippen molar-refractivity contribution in [3.05, 3.63) is 60.1 Å². The average molecular weight is 635 g/mol. The number of unbranched alkanes of at least 4 members (excludes halogenated alkanes) is 1. The lowest BCUT2D eigenvalue weighted by Gasteiger charge is -2.32. The molecule has 11 nitrogen and oxygen atoms in total. The summed E-state index contributed by atoms with van der Waals surface area (Å²) in [5.74, 6) is -5.12. The number of aliphatic carboxylic acids is 2. The number of fused-ring (bicyclic) bond motifs is 1. The number of hydrogen-bond acceptors (Lipinski definition) is 7. The first-order valence-electron chi connectivity index (χ1n) is 13.3. The summed E-state index contributed by atoms with van der Waals surface area (Å²) in [6.45, 7) is 5.94. The Morgan fingerprint density at radius 2 is 1.48 bits per heavy atom. The van der Waals surface area contributed by atoms with Crippen molar-refractivity contribution in [2.45, 2.75) is 57.4 Å². The number of pyridine rings is 1. The predicted octanol–water partition coefficient (Wildman–Crippen LogP) is 4.64. The maximum Gasteiger partial charge on any atom is 0.490 e. The molecule has 0 aliphatic carbocycles. The zero-order valence-electron chi connectivity index (χ0n) is 23.8. The Kier molecular flexibility index (Phi) is 13.0. The summed E-state index contributed by atoms with van der Waals surface area (Å²) in [7, 11) is 1.84. The normalized spacial score (nSPS) is 14.2. The van der Waals surface area contributed by atoms with E-state index in [1.807, 2.05) is 30.0 Å². The van der Waals surface area contributed by atoms with Crippen LogP contribution in [0.1, 0.15) is 60.3 Å². The smallest absolute Gasteiger partial charge is 0.475 e. The SMILES string of the molecule is CCCCN(C)C(=O)c1ncn2c(C3CCN(Cc4ccncc4)CC3)ccnc12.O=C(O)C(F)(F)F.O=C(O)C(F)(F)F. The number of aromatic nitrogens is 4. The van der Waals surface area contributed by atoms with Crippen molar-refractivity contribution in [3.63, 3.8) is 0 Å². The highest BCUT2D eigenvalue weighted by Gasteiger charge is 2.39. The molecule has 3 aromatic heterocycles. The minimum atomic E-state index is -5.08. The second-order valence-electron chi connectivity index (χ2n) is 9.75. The van der Waals surface area contributed by atoms with Gasteiger partial charge in [0.2, 0.25) is 0 Å². The zero-order valence-corrected chi connectivity index (χ0v) is 23.8. The first-order chi connectivity index (χ1) is 20.6. The highest BCUT2D eigenvalue weighted by atomic mass is 19.4. The molecule has 2 N–H and O–H groups in total. The number of piperidine rings is 1. The van der Waals surface area contributed by atoms with Crippen LogP contribution in [0.15, 0.2) is 43.1 Å². The standard InChI is InChI=1S/C23H30N6O.2C2HF3O2/c1-3-4-13-27(2)23(30)21-22-25-12-7-20(29(22)17-26-21)19-8-14-28(15-9-19)16-18-5-10-24-11-6-18;2*3-2(4,5)1(6)7/h5-7,10-12,17,19H,3-4,8-9,13-16H2,1-2H3;2*(H,6,7). The van der Waals surface area contributed by atoms with Gasteiger partial charge in [0.15, 0.2) is 11.3 Å². The number of imidazole rings is 1. The largest absolute Gasteiger partial charge is 0.490 e. The van der Waals surface area contributed by atoms with Gasteiger partial charge in [-0.1, -0.05) is 13.3 Å². The van der Waals surface area contributed by atoms with Crippen LogP contribution in [0.25, 0.3) is 5.65 Å². The molecule has 44 heavy (non-hydrogen) atoms. The molecule has 1 aliphatic rings. The Hall–Kier alpha value is -4.28. The predicted molar refractivity (Wildman–Crippen MR) is 144 cm³/mol. The van der Waals surface area contributed by atoms with Crippen LogP contribution < -0.4 is 0 Å². The Morgan fingerprint density at radius 1 is 0.932 bits per heavy atom. The average Bonchev–Trinajstić information content (AvgIpc) is 3.40. The zero-order chi connectivity index (χ0) is 33.1. The summed E-state index contributed by atoms with van der Waals surface area (Å²) in [5.41, 5.74) is 3.62. The molecule has 0 saturated carbocycles. The molecule has 242 valence electrons. The number of amides is 1. The number of rotatable bonds is 7. The Balaban J connectivity index is 0.000000402. The number of hydrogen-bond donors (Lipinski definition) is 2. The summed E-state index contributed by atoms with van der Waals surface area (Å²) >= 11 is 0. The van der Waals surface area contributed by atoms with Crippen LogP contribution in [0.2, 0.25) is 0 Å². The van der Waals surface area contributed by atoms with Crippen molar-refractivity contribution in [2.24, 2.45) is 0 Å². The number of carbonyl (C=O) groups excluding carboxylic acids is 1. The molecule has 1 saturated heterocycles. The summed E-state index contributed by atoms with van der Waals surface area (Å²) < 4.78 is 65.5. The van der Waals surface area contributed by atoms with Crippen molar-refractivity contribution in [1.82, 2.24) is 29.2 Å². The van der Waals surface area contributed by atoms with Gasteiger partial charge in [-0.2, -0.15) is 26.3 Å². The van der Waals surface area contributed by atoms with E-state index in [0.29, 0.717) is 17.3 Å². The summed E-state index contributed by atoms with van der Waals surface area (Å²) in [6, 6.07) is 6.24. The fraction of sp³-hybridized carbons (Fsp3) is 0.481. The van der Waals surface area contributed by atoms with E-state index in [0.717, 1.165) is 51.9 Å². The fourth-order valence-corrected chi connectivity index (χ4v) is 4.21. The van der Waals surface area contributed by atoms with Crippen molar-refractivity contribution >= 4 is 23.5 Å². The molecule has 0 spiro atoms. The maximum absolute atomic E-state index is 12.8. The van der Waals surface area contributed by atoms with Crippen molar-refractivity contribution in [3.8, 4) is 0 Å². The van der Waals surface area contributed by atoms with Crippen LogP contribution >= 0.6 is 0 Å². The van der Waals surface area contributed by atoms with Gasteiger partial charge in [-0.25, -0.2) is 19.6 Å². The third kappa shape index (κ3) is 10.8. The molecule has 17 heteroatoms. The van der Waals surface area contributed by atoms with Gasteiger partial charge in [0.25, 0.3) is 5.91 Å². The van der Waals surface area contributed by atoms with Gasteiger partial charge in [-0.3, -0.25) is 19.1 Å². The Morgan fingerprint density at radius 3 is 1.98 bits per heavy atom. The molecule has 1 fully saturated rings. The van der Waals surface area contributed by atoms with Crippen LogP contribution in [0.3, 0.4) is 0 Å². The molecule has 3 aromatic rings. The van der Waals surface area contributed by atoms with E-state index in [1.54, 1.807) is 11.2 Å². The van der Waals surface area contributed by atoms with E-state index in [1.165, 1.54) is 11.3 Å². The van der Waals surface area contributed by atoms with Gasteiger partial charge in [0.05, 0.1) is 0 Å². The van der Waals surface area contributed by atoms with Crippen LogP contribution in [0, 0.1) is 0 Å². The fourth-order valence-electron chi connectivity index (χ4n) is 4.21. The van der Waals surface area contributed by atoms with E-state index in [2.05, 4.69) is 45.0 Å². The van der Waals surface area contributed by atoms with Crippen molar-refractivity contribution < 1.29 is 50.9 Å². The lowest BCUT2D eigenvalue weighted by molar-refractivity contribution is -0.193. The van der Waals surface area contributed by atoms with E-state index >= 15 is 0 Å². The number of likely N-dealkylation sites (tertiary alicyclic amines) is 1. The topological polar surface area (TPSA) is 141 Å². The second-order valence-corrected chi connectivity index (χ2v) is 9.75. The van der Waals surface area contributed by atoms with E-state index in [-0.39, 0.29) is 5.91 Å². The first kappa shape index (κ1) is 35.9. The summed E-state index contributed by atoms with van der Waals surface area (Å²) in [5, 5.41) is 14.2. The molecule has 0 bridgehead atoms. The van der Waals surface area contributed by atoms with E-state index in [9.17, 15) is 31.1 Å². The monoisotopic (exact) mass is 634 g/mol. The van der Waals surface area contributed by atoms with E-state index in [4.69, 9.17) is 19.8 Å². The van der Waals surface area contributed by atoms with Crippen LogP contribution in [-0.4, -0.2) is 96.2 Å². The van der Waals surface area contributed by atoms with Gasteiger partial charge in [0, 0.05) is 50.3 Å². The number of halogens is 6. The number of carboxylic acids is 2. The number of alkyl halides is 6. The Bertz CT molecular complexity index is 1350. The number of nitrogens with zero attached hydrogens (tertiary/aromatic N) is 6. The molecule has 0 aromatic carbocycles. The minimum Gasteiger partial charge on any atom is -0.475 e. The molecular weight excluding hydrogens is 602 g/mol. The third-order valence-corrected chi connectivity index (χ3v) is 6.51. The van der Waals surface area contributed by atoms with Crippen LogP contribution in [-0.2, 0) is 16.1 Å². The maximum atomic E-state index is 12.8. The van der Waals surface area contributed by atoms with Gasteiger partial charge in [-0.05, 0) is 56.1 Å². The highest BCUT2D eigenvalue weighted by molar-refractivity contribution is 5.97. The molecule has 1 amide bonds. The van der Waals surface area contributed by atoms with Crippen molar-refractivity contribution in [2.75, 3.05) is 26.7 Å². The van der Waals surface area contributed by atoms with E-state index < -0.39 is 24.3 Å². The molecule has 0 radical (unpaired) electrons. The Labute approximate surface area is 248 Å². The second kappa shape index (κ2) is 16.0. The summed E-state index contributed by atoms with van der Waals surface area (Å²) in [6.07, 6.45) is 1.35. The number of carboxylic acid groups (broad SMARTS) is 2. The molecule has 4 rings (SSSR count). The van der Waals surface area contributed by atoms with Gasteiger partial charge in [-0.15, -0.1) is 0 Å². The van der Waals surface area contributed by atoms with Crippen LogP contribution in [0.4, 0.5) is 26.3 Å². The number of carbonyl (C=O) groups is 3. The molecular formula is C27H32F6N6O5. The lowest BCUT2D eigenvalue weighted by Crippen LogP contribution is -2.33. The summed E-state index contributed by atoms with van der Waals surface area (Å²) in [4.78, 5) is 47.9. The van der Waals surface area contributed by atoms with Crippen LogP contribution in [0.5, 0.6) is 0 Å². The molecule has 0 atom stereocenters. The van der Waals surface area contributed by atoms with Gasteiger partial charge < -0.3 is 15.1 Å². The third-order valence-electron chi connectivity index (χ3n) is 6.51. The minimum absolute atomic E-state index is 0.0530. The molecule has 1 aliphatic heterocycles. The van der Waals surface area contributed by atoms with Crippen molar-refractivity contribution in [1.29, 1.82) is 0 Å². The molecule has 4 heterocycles. The quantitative estimate of drug-likeness (QED) is 0.356. The first-order valence-corrected chi connectivity index (χ1v) is 13.3. The lowest BCUT2D eigenvalue weighted by atomic mass is 9.93. The van der Waals surface area contributed by atoms with Gasteiger partial charge in [0.1, 0.15) is 6.33 Å². The van der Waals surface area contributed by atoms with Gasteiger partial charge >= 0.3 is 24.3 Å². The highest BCUT2D eigenvalue weighted by Crippen LogP contribution is 2.29. The molecule has 0 unspecified atom stereocenters.